The van der Waals surface area contributed by atoms with Crippen molar-refractivity contribution in [1.82, 2.24) is 5.32 Å². The minimum atomic E-state index is -0.977. The van der Waals surface area contributed by atoms with Crippen molar-refractivity contribution < 1.29 is 19.6 Å². The minimum Gasteiger partial charge on any atom is -0.481 e. The Hall–Kier alpha value is -1.96. The van der Waals surface area contributed by atoms with Gasteiger partial charge in [0.1, 0.15) is 4.47 Å². The van der Waals surface area contributed by atoms with Crippen LogP contribution in [0.2, 0.25) is 0 Å². The molecule has 1 unspecified atom stereocenters. The number of rotatable bonds is 7. The monoisotopic (exact) mass is 358 g/mol. The lowest BCUT2D eigenvalue weighted by Crippen LogP contribution is -2.33. The summed E-state index contributed by atoms with van der Waals surface area (Å²) in [4.78, 5) is 33.2. The number of aliphatic carboxylic acids is 1. The van der Waals surface area contributed by atoms with E-state index in [1.807, 2.05) is 6.92 Å². The lowest BCUT2D eigenvalue weighted by atomic mass is 10.0. The number of carbonyl (C=O) groups is 2. The van der Waals surface area contributed by atoms with Crippen molar-refractivity contribution in [3.63, 3.8) is 0 Å². The molecule has 1 amide bonds. The van der Waals surface area contributed by atoms with Crippen LogP contribution in [0.3, 0.4) is 0 Å². The summed E-state index contributed by atoms with van der Waals surface area (Å²) in [6, 6.07) is 4.11. The van der Waals surface area contributed by atoms with Gasteiger partial charge < -0.3 is 10.4 Å². The lowest BCUT2D eigenvalue weighted by Gasteiger charge is -2.12. The number of hydrogen-bond donors (Lipinski definition) is 2. The van der Waals surface area contributed by atoms with E-state index in [0.717, 1.165) is 0 Å². The number of hydrogen-bond acceptors (Lipinski definition) is 4. The molecule has 0 aliphatic heterocycles. The van der Waals surface area contributed by atoms with Gasteiger partial charge in [-0.1, -0.05) is 19.4 Å². The molecule has 0 saturated heterocycles. The van der Waals surface area contributed by atoms with Crippen LogP contribution in [0.4, 0.5) is 5.69 Å². The van der Waals surface area contributed by atoms with E-state index < -0.39 is 22.7 Å². The van der Waals surface area contributed by atoms with E-state index in [4.69, 9.17) is 5.11 Å². The Balaban J connectivity index is 2.83. The Morgan fingerprint density at radius 2 is 2.14 bits per heavy atom. The van der Waals surface area contributed by atoms with Gasteiger partial charge in [-0.2, -0.15) is 0 Å². The smallest absolute Gasteiger partial charge is 0.308 e. The Labute approximate surface area is 129 Å². The summed E-state index contributed by atoms with van der Waals surface area (Å²) < 4.78 is 0.0786. The van der Waals surface area contributed by atoms with Gasteiger partial charge in [0.05, 0.1) is 16.4 Å². The van der Waals surface area contributed by atoms with Crippen molar-refractivity contribution in [2.45, 2.75) is 19.8 Å². The molecule has 1 atom stereocenters. The summed E-state index contributed by atoms with van der Waals surface area (Å²) in [7, 11) is 0. The van der Waals surface area contributed by atoms with Crippen LogP contribution >= 0.6 is 15.9 Å². The first-order valence-corrected chi connectivity index (χ1v) is 7.11. The first-order chi connectivity index (χ1) is 9.88. The van der Waals surface area contributed by atoms with E-state index in [0.29, 0.717) is 12.8 Å². The summed E-state index contributed by atoms with van der Waals surface area (Å²) >= 11 is 3.03. The molecule has 0 spiro atoms. The zero-order valence-corrected chi connectivity index (χ0v) is 12.9. The zero-order valence-electron chi connectivity index (χ0n) is 11.3. The third-order valence-corrected chi connectivity index (χ3v) is 3.75. The van der Waals surface area contributed by atoms with E-state index in [9.17, 15) is 19.7 Å². The minimum absolute atomic E-state index is 0.0167. The third kappa shape index (κ3) is 4.52. The predicted octanol–water partition coefficient (Wildman–Crippen LogP) is 2.59. The molecule has 0 aromatic heterocycles. The highest BCUT2D eigenvalue weighted by Crippen LogP contribution is 2.28. The van der Waals surface area contributed by atoms with Crippen LogP contribution in [0.15, 0.2) is 22.7 Å². The molecule has 114 valence electrons. The molecule has 8 heteroatoms. The molecular weight excluding hydrogens is 344 g/mol. The molecule has 0 saturated carbocycles. The van der Waals surface area contributed by atoms with Gasteiger partial charge in [-0.25, -0.2) is 0 Å². The fourth-order valence-corrected chi connectivity index (χ4v) is 2.40. The van der Waals surface area contributed by atoms with Crippen molar-refractivity contribution in [3.05, 3.63) is 38.3 Å². The standard InChI is InChI=1S/C13H15BrN2O5/c1-2-4-8(13(18)19)7-15-12(17)9-5-3-6-10(11(9)14)16(20)21/h3,5-6,8H,2,4,7H2,1H3,(H,15,17)(H,18,19). The van der Waals surface area contributed by atoms with E-state index >= 15 is 0 Å². The van der Waals surface area contributed by atoms with Crippen LogP contribution in [0.25, 0.3) is 0 Å². The van der Waals surface area contributed by atoms with Crippen LogP contribution in [-0.2, 0) is 4.79 Å². The second-order valence-electron chi connectivity index (χ2n) is 4.43. The largest absolute Gasteiger partial charge is 0.481 e. The molecule has 1 aromatic carbocycles. The topological polar surface area (TPSA) is 110 Å². The molecule has 1 aromatic rings. The molecule has 0 radical (unpaired) electrons. The van der Waals surface area contributed by atoms with Gasteiger partial charge in [0.2, 0.25) is 0 Å². The summed E-state index contributed by atoms with van der Waals surface area (Å²) in [6.45, 7) is 1.84. The number of amides is 1. The third-order valence-electron chi connectivity index (χ3n) is 2.92. The zero-order chi connectivity index (χ0) is 16.0. The Morgan fingerprint density at radius 3 is 2.67 bits per heavy atom. The van der Waals surface area contributed by atoms with Gasteiger partial charge in [0, 0.05) is 12.6 Å². The number of carbonyl (C=O) groups excluding carboxylic acids is 1. The molecule has 0 aliphatic carbocycles. The first-order valence-electron chi connectivity index (χ1n) is 6.32. The van der Waals surface area contributed by atoms with Crippen LogP contribution in [0.5, 0.6) is 0 Å². The Morgan fingerprint density at radius 1 is 1.48 bits per heavy atom. The molecule has 7 nitrogen and oxygen atoms in total. The fourth-order valence-electron chi connectivity index (χ4n) is 1.81. The maximum Gasteiger partial charge on any atom is 0.308 e. The molecule has 0 bridgehead atoms. The molecule has 21 heavy (non-hydrogen) atoms. The number of nitrogens with one attached hydrogen (secondary N) is 1. The normalized spacial score (nSPS) is 11.7. The van der Waals surface area contributed by atoms with Gasteiger partial charge in [-0.05, 0) is 28.4 Å². The second-order valence-corrected chi connectivity index (χ2v) is 5.22. The number of nitro groups is 1. The average molecular weight is 359 g/mol. The van der Waals surface area contributed by atoms with Crippen molar-refractivity contribution in [1.29, 1.82) is 0 Å². The summed E-state index contributed by atoms with van der Waals surface area (Å²) in [5.41, 5.74) is -0.115. The first kappa shape index (κ1) is 17.1. The second kappa shape index (κ2) is 7.72. The fraction of sp³-hybridized carbons (Fsp3) is 0.385. The van der Waals surface area contributed by atoms with Crippen molar-refractivity contribution in [3.8, 4) is 0 Å². The maximum atomic E-state index is 12.0. The van der Waals surface area contributed by atoms with E-state index in [1.54, 1.807) is 0 Å². The number of carboxylic acid groups (broad SMARTS) is 1. The molecule has 0 fully saturated rings. The van der Waals surface area contributed by atoms with Crippen molar-refractivity contribution in [2.24, 2.45) is 5.92 Å². The number of carboxylic acids is 1. The lowest BCUT2D eigenvalue weighted by molar-refractivity contribution is -0.385. The molecular formula is C13H15BrN2O5. The highest BCUT2D eigenvalue weighted by Gasteiger charge is 2.21. The van der Waals surface area contributed by atoms with Gasteiger partial charge in [0.25, 0.3) is 11.6 Å². The molecule has 2 N–H and O–H groups in total. The van der Waals surface area contributed by atoms with E-state index in [1.165, 1.54) is 18.2 Å². The predicted molar refractivity (Wildman–Crippen MR) is 79.2 cm³/mol. The van der Waals surface area contributed by atoms with Crippen LogP contribution < -0.4 is 5.32 Å². The van der Waals surface area contributed by atoms with Gasteiger partial charge >= 0.3 is 5.97 Å². The van der Waals surface area contributed by atoms with Crippen molar-refractivity contribution in [2.75, 3.05) is 6.54 Å². The maximum absolute atomic E-state index is 12.0. The Bertz CT molecular complexity index is 561. The summed E-state index contributed by atoms with van der Waals surface area (Å²) in [5.74, 6) is -2.19. The molecule has 0 aliphatic rings. The number of benzene rings is 1. The van der Waals surface area contributed by atoms with Gasteiger partial charge in [-0.15, -0.1) is 0 Å². The Kier molecular flexibility index (Phi) is 6.29. The number of nitrogens with zero attached hydrogens (tertiary/aromatic N) is 1. The average Bonchev–Trinajstić information content (AvgIpc) is 2.42. The number of halogens is 1. The molecule has 1 rings (SSSR count). The van der Waals surface area contributed by atoms with E-state index in [-0.39, 0.29) is 22.3 Å². The summed E-state index contributed by atoms with van der Waals surface area (Å²) in [6.07, 6.45) is 1.14. The SMILES string of the molecule is CCCC(CNC(=O)c1cccc([N+](=O)[O-])c1Br)C(=O)O. The quantitative estimate of drug-likeness (QED) is 0.574. The van der Waals surface area contributed by atoms with Crippen LogP contribution in [-0.4, -0.2) is 28.5 Å². The van der Waals surface area contributed by atoms with Crippen molar-refractivity contribution >= 4 is 33.5 Å². The van der Waals surface area contributed by atoms with E-state index in [2.05, 4.69) is 21.2 Å². The van der Waals surface area contributed by atoms with Gasteiger partial charge in [-0.3, -0.25) is 19.7 Å². The molecule has 0 heterocycles. The van der Waals surface area contributed by atoms with Gasteiger partial charge in [0.15, 0.2) is 0 Å². The van der Waals surface area contributed by atoms with Crippen LogP contribution in [0, 0.1) is 16.0 Å². The highest BCUT2D eigenvalue weighted by molar-refractivity contribution is 9.10. The van der Waals surface area contributed by atoms with Crippen LogP contribution in [0.1, 0.15) is 30.1 Å². The summed E-state index contributed by atoms with van der Waals surface area (Å²) in [5, 5.41) is 22.3. The highest BCUT2D eigenvalue weighted by atomic mass is 79.9. The number of nitro benzene ring substituents is 1.